The first-order valence-corrected chi connectivity index (χ1v) is 10.5. The van der Waals surface area contributed by atoms with Gasteiger partial charge in [0.15, 0.2) is 5.72 Å². The Balaban J connectivity index is 2.24. The van der Waals surface area contributed by atoms with E-state index in [0.29, 0.717) is 12.8 Å². The van der Waals surface area contributed by atoms with E-state index < -0.39 is 17.9 Å². The number of rotatable bonds is 11. The highest BCUT2D eigenvalue weighted by molar-refractivity contribution is 5.70. The Hall–Kier alpha value is -3.42. The standard InChI is InChI=1S/C24H32N2O6/c1-5-6-15-24(2,25-22(27)28)32-23(29)26(16-18-7-11-20(30-3)12-8-18)17-19-9-13-21(31-4)14-10-19/h7-14,25H,5-6,15-17H2,1-4H3,(H,27,28)/t24-/m0/s1. The van der Waals surface area contributed by atoms with Gasteiger partial charge in [-0.3, -0.25) is 10.2 Å². The lowest BCUT2D eigenvalue weighted by atomic mass is 10.1. The molecule has 8 nitrogen and oxygen atoms in total. The molecule has 0 aromatic heterocycles. The minimum absolute atomic E-state index is 0.284. The van der Waals surface area contributed by atoms with Gasteiger partial charge in [0, 0.05) is 19.5 Å². The van der Waals surface area contributed by atoms with Gasteiger partial charge in [0.2, 0.25) is 0 Å². The second-order valence-corrected chi connectivity index (χ2v) is 7.68. The summed E-state index contributed by atoms with van der Waals surface area (Å²) in [6, 6.07) is 14.8. The number of unbranched alkanes of at least 4 members (excludes halogenated alkanes) is 1. The summed E-state index contributed by atoms with van der Waals surface area (Å²) in [6.45, 7) is 4.13. The summed E-state index contributed by atoms with van der Waals surface area (Å²) in [6.07, 6.45) is 0.0781. The summed E-state index contributed by atoms with van der Waals surface area (Å²) in [4.78, 5) is 26.0. The minimum Gasteiger partial charge on any atom is -0.497 e. The van der Waals surface area contributed by atoms with Crippen LogP contribution in [0, 0.1) is 0 Å². The topological polar surface area (TPSA) is 97.3 Å². The van der Waals surface area contributed by atoms with Crippen LogP contribution in [0.1, 0.15) is 44.2 Å². The van der Waals surface area contributed by atoms with Crippen molar-refractivity contribution in [1.29, 1.82) is 0 Å². The van der Waals surface area contributed by atoms with Crippen molar-refractivity contribution in [2.45, 2.75) is 51.9 Å². The predicted molar refractivity (Wildman–Crippen MR) is 121 cm³/mol. The maximum atomic E-state index is 13.2. The number of hydrogen-bond donors (Lipinski definition) is 2. The van der Waals surface area contributed by atoms with Crippen LogP contribution >= 0.6 is 0 Å². The zero-order valence-electron chi connectivity index (χ0n) is 19.1. The number of ether oxygens (including phenoxy) is 3. The van der Waals surface area contributed by atoms with Gasteiger partial charge in [0.1, 0.15) is 11.5 Å². The molecule has 2 aromatic carbocycles. The van der Waals surface area contributed by atoms with E-state index in [4.69, 9.17) is 14.2 Å². The Morgan fingerprint density at radius 3 is 1.78 bits per heavy atom. The lowest BCUT2D eigenvalue weighted by Gasteiger charge is -2.32. The molecule has 2 N–H and O–H groups in total. The van der Waals surface area contributed by atoms with Gasteiger partial charge in [-0.15, -0.1) is 0 Å². The van der Waals surface area contributed by atoms with Gasteiger partial charge in [0.25, 0.3) is 0 Å². The van der Waals surface area contributed by atoms with Gasteiger partial charge in [0.05, 0.1) is 14.2 Å². The van der Waals surface area contributed by atoms with Gasteiger partial charge in [-0.05, 0) is 48.7 Å². The number of nitrogens with one attached hydrogen (secondary N) is 1. The van der Waals surface area contributed by atoms with E-state index in [2.05, 4.69) is 5.32 Å². The molecule has 8 heteroatoms. The molecule has 174 valence electrons. The maximum Gasteiger partial charge on any atom is 0.412 e. The number of carbonyl (C=O) groups is 2. The first-order chi connectivity index (χ1) is 15.3. The molecule has 0 bridgehead atoms. The van der Waals surface area contributed by atoms with Crippen LogP contribution in [0.4, 0.5) is 9.59 Å². The SMILES string of the molecule is CCCC[C@@](C)(NC(=O)O)OC(=O)N(Cc1ccc(OC)cc1)Cc1ccc(OC)cc1. The fourth-order valence-electron chi connectivity index (χ4n) is 3.22. The Bertz CT molecular complexity index is 820. The molecule has 32 heavy (non-hydrogen) atoms. The van der Waals surface area contributed by atoms with Gasteiger partial charge < -0.3 is 19.3 Å². The minimum atomic E-state index is -1.32. The quantitative estimate of drug-likeness (QED) is 0.473. The monoisotopic (exact) mass is 444 g/mol. The van der Waals surface area contributed by atoms with Gasteiger partial charge >= 0.3 is 12.2 Å². The van der Waals surface area contributed by atoms with Crippen molar-refractivity contribution in [2.24, 2.45) is 0 Å². The lowest BCUT2D eigenvalue weighted by molar-refractivity contribution is -0.0255. The summed E-state index contributed by atoms with van der Waals surface area (Å²) in [5, 5.41) is 11.6. The molecular weight excluding hydrogens is 412 g/mol. The van der Waals surface area contributed by atoms with Crippen molar-refractivity contribution in [3.63, 3.8) is 0 Å². The fourth-order valence-corrected chi connectivity index (χ4v) is 3.22. The third-order valence-electron chi connectivity index (χ3n) is 5.01. The van der Waals surface area contributed by atoms with Crippen molar-refractivity contribution >= 4 is 12.2 Å². The van der Waals surface area contributed by atoms with E-state index in [1.807, 2.05) is 55.5 Å². The van der Waals surface area contributed by atoms with Crippen LogP contribution in [0.5, 0.6) is 11.5 Å². The number of carbonyl (C=O) groups excluding carboxylic acids is 1. The van der Waals surface area contributed by atoms with Crippen LogP contribution in [0.25, 0.3) is 0 Å². The summed E-state index contributed by atoms with van der Waals surface area (Å²) >= 11 is 0. The molecule has 2 aromatic rings. The van der Waals surface area contributed by atoms with E-state index in [-0.39, 0.29) is 13.1 Å². The van der Waals surface area contributed by atoms with E-state index in [9.17, 15) is 14.7 Å². The predicted octanol–water partition coefficient (Wildman–Crippen LogP) is 5.02. The van der Waals surface area contributed by atoms with Crippen LogP contribution in [0.15, 0.2) is 48.5 Å². The molecule has 0 fully saturated rings. The molecule has 0 saturated carbocycles. The normalized spacial score (nSPS) is 12.4. The zero-order chi connectivity index (χ0) is 23.6. The molecule has 2 amide bonds. The smallest absolute Gasteiger partial charge is 0.412 e. The molecule has 2 rings (SSSR count). The van der Waals surface area contributed by atoms with Crippen molar-refractivity contribution < 1.29 is 28.9 Å². The van der Waals surface area contributed by atoms with Gasteiger partial charge in [-0.25, -0.2) is 9.59 Å². The zero-order valence-corrected chi connectivity index (χ0v) is 19.1. The van der Waals surface area contributed by atoms with Crippen molar-refractivity contribution in [3.05, 3.63) is 59.7 Å². The Morgan fingerprint density at radius 2 is 1.41 bits per heavy atom. The number of nitrogens with zero attached hydrogens (tertiary/aromatic N) is 1. The molecule has 0 spiro atoms. The third-order valence-corrected chi connectivity index (χ3v) is 5.01. The van der Waals surface area contributed by atoms with E-state index in [1.165, 1.54) is 4.90 Å². The van der Waals surface area contributed by atoms with Gasteiger partial charge in [-0.2, -0.15) is 0 Å². The van der Waals surface area contributed by atoms with Crippen molar-refractivity contribution in [1.82, 2.24) is 10.2 Å². The number of carboxylic acid groups (broad SMARTS) is 1. The van der Waals surface area contributed by atoms with Crippen LogP contribution in [-0.2, 0) is 17.8 Å². The Labute approximate surface area is 189 Å². The lowest BCUT2D eigenvalue weighted by Crippen LogP contribution is -2.51. The Kier molecular flexibility index (Phi) is 9.19. The molecular formula is C24H32N2O6. The summed E-state index contributed by atoms with van der Waals surface area (Å²) in [5.74, 6) is 1.44. The van der Waals surface area contributed by atoms with Gasteiger partial charge in [-0.1, -0.05) is 37.6 Å². The largest absolute Gasteiger partial charge is 0.497 e. The number of benzene rings is 2. The highest BCUT2D eigenvalue weighted by Gasteiger charge is 2.32. The molecule has 0 unspecified atom stereocenters. The molecule has 0 saturated heterocycles. The molecule has 1 atom stereocenters. The molecule has 0 aliphatic rings. The molecule has 0 aliphatic carbocycles. The number of amides is 2. The highest BCUT2D eigenvalue weighted by Crippen LogP contribution is 2.21. The number of hydrogen-bond acceptors (Lipinski definition) is 5. The average Bonchev–Trinajstić information content (AvgIpc) is 2.77. The van der Waals surface area contributed by atoms with Crippen LogP contribution in [0.2, 0.25) is 0 Å². The highest BCUT2D eigenvalue weighted by atomic mass is 16.6. The van der Waals surface area contributed by atoms with Crippen LogP contribution < -0.4 is 14.8 Å². The summed E-state index contributed by atoms with van der Waals surface area (Å²) in [7, 11) is 3.18. The van der Waals surface area contributed by atoms with Crippen LogP contribution in [-0.4, -0.2) is 42.1 Å². The third kappa shape index (κ3) is 7.68. The van der Waals surface area contributed by atoms with Crippen molar-refractivity contribution in [2.75, 3.05) is 14.2 Å². The van der Waals surface area contributed by atoms with E-state index >= 15 is 0 Å². The average molecular weight is 445 g/mol. The van der Waals surface area contributed by atoms with Crippen LogP contribution in [0.3, 0.4) is 0 Å². The second-order valence-electron chi connectivity index (χ2n) is 7.68. The number of methoxy groups -OCH3 is 2. The van der Waals surface area contributed by atoms with Crippen molar-refractivity contribution in [3.8, 4) is 11.5 Å². The molecule has 0 heterocycles. The first-order valence-electron chi connectivity index (χ1n) is 10.5. The summed E-state index contributed by atoms with van der Waals surface area (Å²) < 4.78 is 16.1. The first kappa shape index (κ1) is 24.8. The molecule has 0 aliphatic heterocycles. The maximum absolute atomic E-state index is 13.2. The van der Waals surface area contributed by atoms with E-state index in [1.54, 1.807) is 21.1 Å². The Morgan fingerprint density at radius 1 is 0.938 bits per heavy atom. The second kappa shape index (κ2) is 11.8. The van der Waals surface area contributed by atoms with E-state index in [0.717, 1.165) is 29.0 Å². The fraction of sp³-hybridized carbons (Fsp3) is 0.417. The molecule has 0 radical (unpaired) electrons. The summed E-state index contributed by atoms with van der Waals surface area (Å²) in [5.41, 5.74) is 0.451.